The molecule has 0 radical (unpaired) electrons. The summed E-state index contributed by atoms with van der Waals surface area (Å²) in [5.74, 6) is -0.268. The molecule has 4 heterocycles. The molecule has 1 aromatic carbocycles. The number of nitrogens with two attached hydrogens (primary N) is 1. The van der Waals surface area contributed by atoms with E-state index in [4.69, 9.17) is 21.8 Å². The molecule has 1 amide bonds. The van der Waals surface area contributed by atoms with E-state index < -0.39 is 5.91 Å². The van der Waals surface area contributed by atoms with E-state index in [2.05, 4.69) is 25.4 Å². The standard InChI is InChI=1S/C19H17ClN8O2/c1-27-9-12(5-23-27)24-18-16(17(21)29)25-14(6-22-18)10-7-28(8-10)19-26-13-3-2-11(20)4-15(13)30-19/h2-6,9-10H,7-8H2,1H3,(H2,21,29)(H,22,24). The fraction of sp³-hybridized carbons (Fsp3) is 0.211. The first-order valence-electron chi connectivity index (χ1n) is 9.20. The minimum atomic E-state index is -0.650. The first-order chi connectivity index (χ1) is 14.5. The average molecular weight is 425 g/mol. The van der Waals surface area contributed by atoms with E-state index in [1.807, 2.05) is 11.0 Å². The molecule has 1 aliphatic heterocycles. The Balaban J connectivity index is 1.33. The Kier molecular flexibility index (Phi) is 4.28. The number of benzene rings is 1. The summed E-state index contributed by atoms with van der Waals surface area (Å²) in [6, 6.07) is 5.86. The van der Waals surface area contributed by atoms with Gasteiger partial charge in [-0.25, -0.2) is 9.97 Å². The number of carbonyl (C=O) groups excluding carboxylic acids is 1. The topological polar surface area (TPSA) is 128 Å². The summed E-state index contributed by atoms with van der Waals surface area (Å²) in [5.41, 5.74) is 8.39. The number of amides is 1. The van der Waals surface area contributed by atoms with Gasteiger partial charge in [0.05, 0.1) is 23.8 Å². The lowest BCUT2D eigenvalue weighted by Gasteiger charge is -2.37. The Morgan fingerprint density at radius 1 is 1.30 bits per heavy atom. The number of halogens is 1. The van der Waals surface area contributed by atoms with Gasteiger partial charge in [-0.3, -0.25) is 9.48 Å². The van der Waals surface area contributed by atoms with Crippen LogP contribution in [0, 0.1) is 0 Å². The van der Waals surface area contributed by atoms with Crippen molar-refractivity contribution in [2.24, 2.45) is 12.8 Å². The van der Waals surface area contributed by atoms with Crippen molar-refractivity contribution in [2.75, 3.05) is 23.3 Å². The number of nitrogens with zero attached hydrogens (tertiary/aromatic N) is 6. The highest BCUT2D eigenvalue weighted by atomic mass is 35.5. The van der Waals surface area contributed by atoms with E-state index >= 15 is 0 Å². The van der Waals surface area contributed by atoms with Crippen LogP contribution in [-0.2, 0) is 7.05 Å². The third kappa shape index (κ3) is 3.30. The molecule has 3 aromatic heterocycles. The van der Waals surface area contributed by atoms with Crippen LogP contribution >= 0.6 is 11.6 Å². The van der Waals surface area contributed by atoms with Crippen LogP contribution in [0.3, 0.4) is 0 Å². The molecule has 11 heteroatoms. The summed E-state index contributed by atoms with van der Waals surface area (Å²) in [7, 11) is 1.79. The van der Waals surface area contributed by atoms with Crippen molar-refractivity contribution in [1.29, 1.82) is 0 Å². The van der Waals surface area contributed by atoms with Gasteiger partial charge in [-0.1, -0.05) is 11.6 Å². The van der Waals surface area contributed by atoms with Gasteiger partial charge in [-0.2, -0.15) is 10.1 Å². The summed E-state index contributed by atoms with van der Waals surface area (Å²) in [6.07, 6.45) is 5.04. The zero-order valence-corrected chi connectivity index (χ0v) is 16.7. The second kappa shape index (κ2) is 6.99. The van der Waals surface area contributed by atoms with Gasteiger partial charge in [0.1, 0.15) is 5.52 Å². The predicted molar refractivity (Wildman–Crippen MR) is 111 cm³/mol. The van der Waals surface area contributed by atoms with Crippen LogP contribution in [0.15, 0.2) is 41.2 Å². The maximum Gasteiger partial charge on any atom is 0.298 e. The first-order valence-corrected chi connectivity index (χ1v) is 9.57. The zero-order chi connectivity index (χ0) is 20.8. The van der Waals surface area contributed by atoms with Gasteiger partial charge in [-0.15, -0.1) is 0 Å². The number of aryl methyl sites for hydroxylation is 1. The van der Waals surface area contributed by atoms with Crippen LogP contribution in [0.4, 0.5) is 17.5 Å². The number of carbonyl (C=O) groups is 1. The molecule has 0 spiro atoms. The fourth-order valence-corrected chi connectivity index (χ4v) is 3.49. The summed E-state index contributed by atoms with van der Waals surface area (Å²) < 4.78 is 7.42. The van der Waals surface area contributed by atoms with Crippen molar-refractivity contribution in [2.45, 2.75) is 5.92 Å². The highest BCUT2D eigenvalue weighted by molar-refractivity contribution is 6.31. The molecule has 0 unspecified atom stereocenters. The second-order valence-electron chi connectivity index (χ2n) is 7.09. The number of nitrogens with one attached hydrogen (secondary N) is 1. The van der Waals surface area contributed by atoms with E-state index in [1.165, 1.54) is 0 Å². The number of hydrogen-bond acceptors (Lipinski definition) is 8. The Labute approximate surface area is 175 Å². The van der Waals surface area contributed by atoms with Crippen LogP contribution < -0.4 is 16.0 Å². The largest absolute Gasteiger partial charge is 0.423 e. The van der Waals surface area contributed by atoms with Crippen LogP contribution in [0.5, 0.6) is 0 Å². The molecule has 3 N–H and O–H groups in total. The lowest BCUT2D eigenvalue weighted by atomic mass is 9.97. The zero-order valence-electron chi connectivity index (χ0n) is 15.9. The minimum absolute atomic E-state index is 0.0849. The van der Waals surface area contributed by atoms with Gasteiger partial charge in [0.15, 0.2) is 17.1 Å². The van der Waals surface area contributed by atoms with Crippen molar-refractivity contribution in [3.05, 3.63) is 53.2 Å². The molecule has 1 aliphatic rings. The van der Waals surface area contributed by atoms with Crippen molar-refractivity contribution in [3.8, 4) is 0 Å². The number of aromatic nitrogens is 5. The molecule has 1 fully saturated rings. The van der Waals surface area contributed by atoms with Crippen molar-refractivity contribution >= 4 is 46.1 Å². The number of anilines is 3. The number of hydrogen-bond donors (Lipinski definition) is 2. The monoisotopic (exact) mass is 424 g/mol. The molecular formula is C19H17ClN8O2. The Morgan fingerprint density at radius 3 is 2.87 bits per heavy atom. The molecule has 4 aromatic rings. The van der Waals surface area contributed by atoms with Crippen LogP contribution in [-0.4, -0.2) is 43.7 Å². The number of fused-ring (bicyclic) bond motifs is 1. The molecule has 1 saturated heterocycles. The lowest BCUT2D eigenvalue weighted by molar-refractivity contribution is 0.0995. The highest BCUT2D eigenvalue weighted by Gasteiger charge is 2.33. The SMILES string of the molecule is Cn1cc(Nc2ncc(C3CN(c4nc5ccc(Cl)cc5o4)C3)nc2C(N)=O)cn1. The van der Waals surface area contributed by atoms with Gasteiger partial charge >= 0.3 is 0 Å². The van der Waals surface area contributed by atoms with Gasteiger partial charge in [0, 0.05) is 43.3 Å². The van der Waals surface area contributed by atoms with Crippen molar-refractivity contribution < 1.29 is 9.21 Å². The summed E-state index contributed by atoms with van der Waals surface area (Å²) >= 11 is 6.00. The van der Waals surface area contributed by atoms with Gasteiger partial charge in [0.2, 0.25) is 0 Å². The van der Waals surface area contributed by atoms with Crippen LogP contribution in [0.1, 0.15) is 22.1 Å². The van der Waals surface area contributed by atoms with Gasteiger partial charge in [-0.05, 0) is 12.1 Å². The van der Waals surface area contributed by atoms with Crippen LogP contribution in [0.25, 0.3) is 11.1 Å². The van der Waals surface area contributed by atoms with Crippen LogP contribution in [0.2, 0.25) is 5.02 Å². The maximum atomic E-state index is 11.9. The predicted octanol–water partition coefficient (Wildman–Crippen LogP) is 2.45. The molecule has 10 nitrogen and oxygen atoms in total. The summed E-state index contributed by atoms with van der Waals surface area (Å²) in [5, 5.41) is 7.70. The van der Waals surface area contributed by atoms with E-state index in [9.17, 15) is 4.79 Å². The highest BCUT2D eigenvalue weighted by Crippen LogP contribution is 2.33. The molecule has 30 heavy (non-hydrogen) atoms. The normalized spacial score (nSPS) is 14.1. The Bertz CT molecular complexity index is 1260. The fourth-order valence-electron chi connectivity index (χ4n) is 3.33. The minimum Gasteiger partial charge on any atom is -0.423 e. The molecule has 0 saturated carbocycles. The quantitative estimate of drug-likeness (QED) is 0.500. The first kappa shape index (κ1) is 18.4. The third-order valence-corrected chi connectivity index (χ3v) is 5.14. The van der Waals surface area contributed by atoms with E-state index in [0.29, 0.717) is 46.9 Å². The Hall–Kier alpha value is -3.66. The Morgan fingerprint density at radius 2 is 2.13 bits per heavy atom. The maximum absolute atomic E-state index is 11.9. The number of rotatable bonds is 5. The molecule has 0 bridgehead atoms. The summed E-state index contributed by atoms with van der Waals surface area (Å²) in [6.45, 7) is 1.28. The molecule has 0 atom stereocenters. The molecule has 5 rings (SSSR count). The average Bonchev–Trinajstić information content (AvgIpc) is 3.26. The van der Waals surface area contributed by atoms with E-state index in [1.54, 1.807) is 42.5 Å². The van der Waals surface area contributed by atoms with Gasteiger partial charge in [0.25, 0.3) is 11.9 Å². The number of oxazole rings is 1. The van der Waals surface area contributed by atoms with E-state index in [0.717, 1.165) is 5.52 Å². The van der Waals surface area contributed by atoms with Crippen molar-refractivity contribution in [1.82, 2.24) is 24.7 Å². The number of primary amides is 1. The lowest BCUT2D eigenvalue weighted by Crippen LogP contribution is -2.45. The third-order valence-electron chi connectivity index (χ3n) is 4.90. The van der Waals surface area contributed by atoms with Crippen molar-refractivity contribution in [3.63, 3.8) is 0 Å². The smallest absolute Gasteiger partial charge is 0.298 e. The van der Waals surface area contributed by atoms with E-state index in [-0.39, 0.29) is 11.6 Å². The molecule has 152 valence electrons. The van der Waals surface area contributed by atoms with Gasteiger partial charge < -0.3 is 20.4 Å². The molecule has 0 aliphatic carbocycles. The molecular weight excluding hydrogens is 408 g/mol. The second-order valence-corrected chi connectivity index (χ2v) is 7.53. The summed E-state index contributed by atoms with van der Waals surface area (Å²) in [4.78, 5) is 27.2.